The average molecular weight is 588 g/mol. The number of hydrogen-bond donors (Lipinski definition) is 0. The first-order valence-electron chi connectivity index (χ1n) is 14.5. The van der Waals surface area contributed by atoms with Gasteiger partial charge in [-0.3, -0.25) is 0 Å². The molecule has 0 saturated heterocycles. The maximum Gasteiger partial charge on any atom is 0.113 e. The Morgan fingerprint density at radius 3 is 2.02 bits per heavy atom. The Bertz CT molecular complexity index is 2600. The van der Waals surface area contributed by atoms with Crippen molar-refractivity contribution in [3.05, 3.63) is 115 Å². The van der Waals surface area contributed by atoms with Crippen LogP contribution < -0.4 is 10.4 Å². The maximum absolute atomic E-state index is 2.52. The van der Waals surface area contributed by atoms with Crippen LogP contribution in [0.2, 0.25) is 13.1 Å². The van der Waals surface area contributed by atoms with Crippen molar-refractivity contribution < 1.29 is 0 Å². The summed E-state index contributed by atoms with van der Waals surface area (Å²) in [5, 5.41) is 11.7. The van der Waals surface area contributed by atoms with Crippen LogP contribution in [0, 0.1) is 0 Å². The predicted molar refractivity (Wildman–Crippen MR) is 189 cm³/mol. The monoisotopic (exact) mass is 587 g/mol. The largest absolute Gasteiger partial charge is 0.309 e. The molecule has 0 unspecified atom stereocenters. The molecular formula is C38H25NS2Si. The minimum absolute atomic E-state index is 1.22. The van der Waals surface area contributed by atoms with Crippen LogP contribution in [0.1, 0.15) is 0 Å². The van der Waals surface area contributed by atoms with Gasteiger partial charge in [0.2, 0.25) is 0 Å². The first-order valence-corrected chi connectivity index (χ1v) is 19.2. The first-order chi connectivity index (χ1) is 20.6. The van der Waals surface area contributed by atoms with Gasteiger partial charge in [0.1, 0.15) is 8.07 Å². The molecule has 0 atom stereocenters. The molecule has 0 amide bonds. The Morgan fingerprint density at radius 1 is 0.476 bits per heavy atom. The lowest BCUT2D eigenvalue weighted by atomic mass is 10.0. The average Bonchev–Trinajstić information content (AvgIpc) is 3.59. The van der Waals surface area contributed by atoms with Gasteiger partial charge < -0.3 is 4.57 Å². The first kappa shape index (κ1) is 23.4. The van der Waals surface area contributed by atoms with Gasteiger partial charge in [-0.2, -0.15) is 0 Å². The van der Waals surface area contributed by atoms with Crippen LogP contribution in [-0.4, -0.2) is 12.6 Å². The summed E-state index contributed by atoms with van der Waals surface area (Å²) in [6, 6.07) is 43.5. The molecule has 6 aromatic carbocycles. The van der Waals surface area contributed by atoms with E-state index in [1.165, 1.54) is 79.0 Å². The summed E-state index contributed by atoms with van der Waals surface area (Å²) < 4.78 is 7.97. The Morgan fingerprint density at radius 2 is 1.14 bits per heavy atom. The molecule has 4 heteroatoms. The molecule has 198 valence electrons. The summed E-state index contributed by atoms with van der Waals surface area (Å²) >= 11 is 3.83. The molecule has 1 aliphatic rings. The van der Waals surface area contributed by atoms with E-state index < -0.39 is 8.07 Å². The minimum Gasteiger partial charge on any atom is -0.309 e. The summed E-state index contributed by atoms with van der Waals surface area (Å²) in [6.07, 6.45) is 0. The molecule has 1 aliphatic heterocycles. The predicted octanol–water partition coefficient (Wildman–Crippen LogP) is 10.3. The second-order valence-electron chi connectivity index (χ2n) is 12.1. The van der Waals surface area contributed by atoms with Gasteiger partial charge in [0.05, 0.1) is 11.0 Å². The molecule has 0 radical (unpaired) electrons. The lowest BCUT2D eigenvalue weighted by Gasteiger charge is -2.19. The summed E-state index contributed by atoms with van der Waals surface area (Å²) in [7, 11) is -1.76. The zero-order valence-electron chi connectivity index (χ0n) is 23.2. The maximum atomic E-state index is 2.52. The number of fused-ring (bicyclic) bond motifs is 3. The van der Waals surface area contributed by atoms with Crippen molar-refractivity contribution in [2.24, 2.45) is 0 Å². The van der Waals surface area contributed by atoms with E-state index in [1.54, 1.807) is 10.4 Å². The SMILES string of the molecule is C[Si]1(C)c2cccc3sc4cccc5c4c4c(c1ccc4n5-c1ccc(-c4ccc5c(c4)sc4ccccc45)cc1)c23. The van der Waals surface area contributed by atoms with E-state index in [0.29, 0.717) is 0 Å². The summed E-state index contributed by atoms with van der Waals surface area (Å²) in [4.78, 5) is 0. The van der Waals surface area contributed by atoms with E-state index in [-0.39, 0.29) is 0 Å². The second kappa shape index (κ2) is 7.99. The zero-order chi connectivity index (χ0) is 27.7. The highest BCUT2D eigenvalue weighted by Gasteiger charge is 2.37. The number of rotatable bonds is 2. The quantitative estimate of drug-likeness (QED) is 0.177. The molecule has 42 heavy (non-hydrogen) atoms. The molecule has 9 aromatic rings. The van der Waals surface area contributed by atoms with Crippen molar-refractivity contribution in [3.63, 3.8) is 0 Å². The van der Waals surface area contributed by atoms with Crippen molar-refractivity contribution in [3.8, 4) is 16.8 Å². The van der Waals surface area contributed by atoms with E-state index in [0.717, 1.165) is 0 Å². The van der Waals surface area contributed by atoms with Gasteiger partial charge in [-0.25, -0.2) is 0 Å². The Hall–Kier alpha value is -4.22. The molecule has 0 spiro atoms. The molecule has 10 rings (SSSR count). The fraction of sp³-hybridized carbons (Fsp3) is 0.0526. The lowest BCUT2D eigenvalue weighted by Crippen LogP contribution is -2.49. The number of thiophene rings is 1. The van der Waals surface area contributed by atoms with Gasteiger partial charge in [-0.15, -0.1) is 22.7 Å². The van der Waals surface area contributed by atoms with Crippen LogP contribution in [0.15, 0.2) is 115 Å². The minimum atomic E-state index is -1.76. The molecule has 0 aliphatic carbocycles. The third-order valence-electron chi connectivity index (χ3n) is 9.60. The van der Waals surface area contributed by atoms with Crippen LogP contribution >= 0.6 is 22.7 Å². The van der Waals surface area contributed by atoms with E-state index in [2.05, 4.69) is 133 Å². The van der Waals surface area contributed by atoms with Gasteiger partial charge in [0.25, 0.3) is 0 Å². The molecular weight excluding hydrogens is 563 g/mol. The fourth-order valence-corrected chi connectivity index (χ4v) is 13.1. The lowest BCUT2D eigenvalue weighted by molar-refractivity contribution is 1.18. The highest BCUT2D eigenvalue weighted by atomic mass is 32.1. The van der Waals surface area contributed by atoms with Gasteiger partial charge in [0.15, 0.2) is 0 Å². The smallest absolute Gasteiger partial charge is 0.113 e. The van der Waals surface area contributed by atoms with Crippen LogP contribution in [0.3, 0.4) is 0 Å². The molecule has 1 nitrogen and oxygen atoms in total. The van der Waals surface area contributed by atoms with Crippen molar-refractivity contribution in [2.45, 2.75) is 13.1 Å². The van der Waals surface area contributed by atoms with Gasteiger partial charge in [-0.05, 0) is 80.8 Å². The van der Waals surface area contributed by atoms with Crippen molar-refractivity contribution in [1.29, 1.82) is 0 Å². The van der Waals surface area contributed by atoms with Crippen LogP contribution in [-0.2, 0) is 0 Å². The molecule has 0 fully saturated rings. The van der Waals surface area contributed by atoms with Crippen molar-refractivity contribution in [1.82, 2.24) is 4.57 Å². The highest BCUT2D eigenvalue weighted by molar-refractivity contribution is 7.26. The number of aromatic nitrogens is 1. The van der Waals surface area contributed by atoms with Crippen LogP contribution in [0.5, 0.6) is 0 Å². The van der Waals surface area contributed by atoms with Crippen LogP contribution in [0.25, 0.3) is 79.0 Å². The van der Waals surface area contributed by atoms with Gasteiger partial charge >= 0.3 is 0 Å². The topological polar surface area (TPSA) is 4.93 Å². The third-order valence-corrected chi connectivity index (χ3v) is 15.4. The standard InChI is InChI=1S/C38H25NS2Si/c1-42(2)33-12-6-11-31-37(33)38-34(42)20-19-28-36(38)35-27(8-5-10-30(35)41-31)39(28)24-16-13-22(14-17-24)23-15-18-26-25-7-3-4-9-29(25)40-32(26)21-23/h3-21H,1-2H3. The molecule has 0 bridgehead atoms. The number of hydrogen-bond acceptors (Lipinski definition) is 2. The third kappa shape index (κ3) is 2.87. The Labute approximate surface area is 251 Å². The van der Waals surface area contributed by atoms with E-state index in [9.17, 15) is 0 Å². The van der Waals surface area contributed by atoms with E-state index >= 15 is 0 Å². The molecule has 0 N–H and O–H groups in total. The normalized spacial score (nSPS) is 14.1. The van der Waals surface area contributed by atoms with Gasteiger partial charge in [0, 0.05) is 46.0 Å². The number of nitrogens with zero attached hydrogens (tertiary/aromatic N) is 1. The summed E-state index contributed by atoms with van der Waals surface area (Å²) in [6.45, 7) is 5.04. The Kier molecular flexibility index (Phi) is 4.44. The van der Waals surface area contributed by atoms with E-state index in [4.69, 9.17) is 0 Å². The highest BCUT2D eigenvalue weighted by Crippen LogP contribution is 2.44. The zero-order valence-corrected chi connectivity index (χ0v) is 25.9. The second-order valence-corrected chi connectivity index (χ2v) is 18.6. The molecule has 3 aromatic heterocycles. The molecule has 0 saturated carbocycles. The van der Waals surface area contributed by atoms with E-state index in [1.807, 2.05) is 22.7 Å². The van der Waals surface area contributed by atoms with Gasteiger partial charge in [-0.1, -0.05) is 79.8 Å². The summed E-state index contributed by atoms with van der Waals surface area (Å²) in [5.41, 5.74) is 6.34. The molecule has 4 heterocycles. The fourth-order valence-electron chi connectivity index (χ4n) is 7.63. The Balaban J connectivity index is 1.21. The van der Waals surface area contributed by atoms with Crippen molar-refractivity contribution in [2.75, 3.05) is 0 Å². The summed E-state index contributed by atoms with van der Waals surface area (Å²) in [5.74, 6) is 0. The van der Waals surface area contributed by atoms with Crippen LogP contribution in [0.4, 0.5) is 0 Å². The number of benzene rings is 6. The van der Waals surface area contributed by atoms with Crippen molar-refractivity contribution >= 4 is 103 Å².